The average molecular weight is 315 g/mol. The molecule has 0 saturated carbocycles. The summed E-state index contributed by atoms with van der Waals surface area (Å²) in [5.74, 6) is 0. The molecule has 7 heteroatoms. The van der Waals surface area contributed by atoms with Crippen LogP contribution in [0.15, 0.2) is 10.9 Å². The summed E-state index contributed by atoms with van der Waals surface area (Å²) in [5, 5.41) is 2.00. The van der Waals surface area contributed by atoms with Gasteiger partial charge in [-0.2, -0.15) is 27.0 Å². The van der Waals surface area contributed by atoms with Crippen LogP contribution in [0.3, 0.4) is 0 Å². The van der Waals surface area contributed by atoms with E-state index in [9.17, 15) is 4.21 Å². The van der Waals surface area contributed by atoms with Gasteiger partial charge in [-0.1, -0.05) is 6.92 Å². The Bertz CT molecular complexity index is 322. The number of hydrogen-bond acceptors (Lipinski definition) is 3. The molecule has 0 fully saturated rings. The minimum atomic E-state index is -1.04. The second-order valence-corrected chi connectivity index (χ2v) is 7.09. The Hall–Kier alpha value is 0.440. The van der Waals surface area contributed by atoms with Crippen LogP contribution < -0.4 is 4.72 Å². The van der Waals surface area contributed by atoms with E-state index in [2.05, 4.69) is 16.6 Å². The molecule has 1 rings (SSSR count). The summed E-state index contributed by atoms with van der Waals surface area (Å²) in [4.78, 5) is 4.24. The van der Waals surface area contributed by atoms with E-state index in [1.807, 2.05) is 26.2 Å². The maximum Gasteiger partial charge on any atom is 0.0976 e. The fourth-order valence-electron chi connectivity index (χ4n) is 1.05. The summed E-state index contributed by atoms with van der Waals surface area (Å²) in [6.07, 6.45) is 0.894. The highest BCUT2D eigenvalue weighted by Crippen LogP contribution is 2.19. The van der Waals surface area contributed by atoms with Crippen molar-refractivity contribution in [2.45, 2.75) is 44.9 Å². The third kappa shape index (κ3) is 6.24. The van der Waals surface area contributed by atoms with Gasteiger partial charge in [0, 0.05) is 5.38 Å². The Kier molecular flexibility index (Phi) is 9.92. The summed E-state index contributed by atoms with van der Waals surface area (Å²) in [6.45, 7) is 7.95. The van der Waals surface area contributed by atoms with Crippen LogP contribution in [0, 0.1) is 0 Å². The van der Waals surface area contributed by atoms with Gasteiger partial charge in [-0.05, 0) is 27.2 Å². The van der Waals surface area contributed by atoms with Gasteiger partial charge in [-0.15, -0.1) is 11.3 Å². The maximum absolute atomic E-state index is 11.9. The van der Waals surface area contributed by atoms with E-state index in [0.29, 0.717) is 0 Å². The first-order valence-electron chi connectivity index (χ1n) is 5.01. The highest BCUT2D eigenvalue weighted by molar-refractivity contribution is 7.84. The SMILES string of the molecule is CC[C@H](N[S@@](=O)C(C)(C)C)c1cscn1.S.S. The van der Waals surface area contributed by atoms with Crippen LogP contribution in [0.25, 0.3) is 0 Å². The van der Waals surface area contributed by atoms with Crippen LogP contribution in [0.1, 0.15) is 45.9 Å². The molecule has 17 heavy (non-hydrogen) atoms. The molecular formula is C10H22N2OS4. The van der Waals surface area contributed by atoms with Crippen molar-refractivity contribution in [3.63, 3.8) is 0 Å². The van der Waals surface area contributed by atoms with E-state index in [1.165, 1.54) is 0 Å². The van der Waals surface area contributed by atoms with Gasteiger partial charge in [0.2, 0.25) is 0 Å². The lowest BCUT2D eigenvalue weighted by Crippen LogP contribution is -2.35. The van der Waals surface area contributed by atoms with Crippen LogP contribution in [-0.2, 0) is 11.0 Å². The molecule has 3 nitrogen and oxygen atoms in total. The molecule has 1 aromatic rings. The standard InChI is InChI=1S/C10H18N2OS2.2H2S/c1-5-8(9-6-14-7-11-9)12-15(13)10(2,3)4;;/h6-8,12H,5H2,1-4H3;2*1H2/t8-,15-;;/m0../s1. The molecule has 0 aliphatic rings. The Labute approximate surface area is 124 Å². The first-order valence-corrected chi connectivity index (χ1v) is 7.10. The molecule has 1 N–H and O–H groups in total. The van der Waals surface area contributed by atoms with Gasteiger partial charge in [-0.3, -0.25) is 0 Å². The van der Waals surface area contributed by atoms with Gasteiger partial charge in [0.25, 0.3) is 0 Å². The molecule has 0 amide bonds. The molecule has 2 atom stereocenters. The Balaban J connectivity index is 0. The molecular weight excluding hydrogens is 292 g/mol. The Morgan fingerprint density at radius 1 is 1.47 bits per heavy atom. The molecule has 0 aliphatic carbocycles. The number of nitrogens with one attached hydrogen (secondary N) is 1. The zero-order valence-corrected chi connectivity index (χ0v) is 14.2. The van der Waals surface area contributed by atoms with Crippen molar-refractivity contribution in [2.24, 2.45) is 0 Å². The van der Waals surface area contributed by atoms with E-state index >= 15 is 0 Å². The molecule has 0 radical (unpaired) electrons. The van der Waals surface area contributed by atoms with Gasteiger partial charge >= 0.3 is 0 Å². The lowest BCUT2D eigenvalue weighted by molar-refractivity contribution is 0.582. The molecule has 0 spiro atoms. The fraction of sp³-hybridized carbons (Fsp3) is 0.700. The van der Waals surface area contributed by atoms with Crippen molar-refractivity contribution in [1.29, 1.82) is 0 Å². The predicted molar refractivity (Wildman–Crippen MR) is 86.9 cm³/mol. The van der Waals surface area contributed by atoms with Crippen molar-refractivity contribution in [1.82, 2.24) is 9.71 Å². The lowest BCUT2D eigenvalue weighted by atomic mass is 10.2. The zero-order chi connectivity index (χ0) is 11.5. The first kappa shape index (κ1) is 19.8. The first-order chi connectivity index (χ1) is 6.95. The van der Waals surface area contributed by atoms with Crippen molar-refractivity contribution in [2.75, 3.05) is 0 Å². The second-order valence-electron chi connectivity index (χ2n) is 4.37. The normalized spacial score (nSPS) is 14.4. The van der Waals surface area contributed by atoms with E-state index in [0.717, 1.165) is 12.1 Å². The van der Waals surface area contributed by atoms with Crippen LogP contribution in [0.4, 0.5) is 0 Å². The molecule has 0 unspecified atom stereocenters. The summed E-state index contributed by atoms with van der Waals surface area (Å²) in [7, 11) is -1.04. The predicted octanol–water partition coefficient (Wildman–Crippen LogP) is 2.87. The van der Waals surface area contributed by atoms with Crippen molar-refractivity contribution >= 4 is 49.3 Å². The topological polar surface area (TPSA) is 42.0 Å². The second kappa shape index (κ2) is 8.53. The quantitative estimate of drug-likeness (QED) is 0.928. The summed E-state index contributed by atoms with van der Waals surface area (Å²) in [6, 6.07) is 0.0938. The number of nitrogens with zero attached hydrogens (tertiary/aromatic N) is 1. The molecule has 0 bridgehead atoms. The van der Waals surface area contributed by atoms with Gasteiger partial charge in [-0.25, -0.2) is 13.9 Å². The zero-order valence-electron chi connectivity index (χ0n) is 10.6. The van der Waals surface area contributed by atoms with Gasteiger partial charge in [0.1, 0.15) is 0 Å². The fourth-order valence-corrected chi connectivity index (χ4v) is 2.56. The smallest absolute Gasteiger partial charge is 0.0976 e. The van der Waals surface area contributed by atoms with Gasteiger partial charge < -0.3 is 0 Å². The van der Waals surface area contributed by atoms with E-state index < -0.39 is 11.0 Å². The average Bonchev–Trinajstić information content (AvgIpc) is 2.64. The Morgan fingerprint density at radius 3 is 2.41 bits per heavy atom. The van der Waals surface area contributed by atoms with Crippen LogP contribution >= 0.6 is 38.3 Å². The van der Waals surface area contributed by atoms with Crippen molar-refractivity contribution in [3.8, 4) is 0 Å². The minimum absolute atomic E-state index is 0. The van der Waals surface area contributed by atoms with Crippen LogP contribution in [0.5, 0.6) is 0 Å². The number of hydrogen-bond donors (Lipinski definition) is 1. The van der Waals surface area contributed by atoms with E-state index in [4.69, 9.17) is 0 Å². The molecule has 0 aliphatic heterocycles. The van der Waals surface area contributed by atoms with E-state index in [-0.39, 0.29) is 37.8 Å². The van der Waals surface area contributed by atoms with Crippen molar-refractivity contribution < 1.29 is 4.21 Å². The maximum atomic E-state index is 11.9. The molecule has 1 heterocycles. The number of rotatable bonds is 4. The summed E-state index contributed by atoms with van der Waals surface area (Å²) >= 11 is 1.57. The number of aromatic nitrogens is 1. The molecule has 0 saturated heterocycles. The van der Waals surface area contributed by atoms with E-state index in [1.54, 1.807) is 16.8 Å². The van der Waals surface area contributed by atoms with Crippen LogP contribution in [-0.4, -0.2) is 13.9 Å². The summed E-state index contributed by atoms with van der Waals surface area (Å²) in [5.41, 5.74) is 2.79. The third-order valence-electron chi connectivity index (χ3n) is 2.02. The van der Waals surface area contributed by atoms with Crippen LogP contribution in [0.2, 0.25) is 0 Å². The largest absolute Gasteiger partial charge is 0.248 e. The highest BCUT2D eigenvalue weighted by atomic mass is 32.2. The lowest BCUT2D eigenvalue weighted by Gasteiger charge is -2.22. The monoisotopic (exact) mass is 314 g/mol. The molecule has 0 aromatic carbocycles. The third-order valence-corrected chi connectivity index (χ3v) is 4.24. The summed E-state index contributed by atoms with van der Waals surface area (Å²) < 4.78 is 14.8. The number of thiazole rings is 1. The molecule has 1 aromatic heterocycles. The highest BCUT2D eigenvalue weighted by Gasteiger charge is 2.23. The van der Waals surface area contributed by atoms with Crippen molar-refractivity contribution in [3.05, 3.63) is 16.6 Å². The van der Waals surface area contributed by atoms with Gasteiger partial charge in [0.05, 0.1) is 33.0 Å². The Morgan fingerprint density at radius 2 is 2.06 bits per heavy atom. The van der Waals surface area contributed by atoms with Gasteiger partial charge in [0.15, 0.2) is 0 Å². The minimum Gasteiger partial charge on any atom is -0.248 e. The molecule has 102 valence electrons.